The first-order valence-electron chi connectivity index (χ1n) is 6.53. The van der Waals surface area contributed by atoms with Gasteiger partial charge in [-0.25, -0.2) is 8.42 Å². The SMILES string of the molecule is CCN(CC)S(=O)(=O)c1ccc(-n2nnc(CO)n2)cc1. The summed E-state index contributed by atoms with van der Waals surface area (Å²) in [5, 5.41) is 20.3. The molecule has 0 radical (unpaired) electrons. The van der Waals surface area contributed by atoms with E-state index in [4.69, 9.17) is 5.11 Å². The summed E-state index contributed by atoms with van der Waals surface area (Å²) in [7, 11) is -3.47. The molecule has 0 atom stereocenters. The predicted molar refractivity (Wildman–Crippen MR) is 75.2 cm³/mol. The van der Waals surface area contributed by atoms with Crippen LogP contribution < -0.4 is 0 Å². The van der Waals surface area contributed by atoms with Gasteiger partial charge in [0.2, 0.25) is 15.8 Å². The Balaban J connectivity index is 2.30. The topological polar surface area (TPSA) is 101 Å². The van der Waals surface area contributed by atoms with Gasteiger partial charge in [-0.15, -0.1) is 15.0 Å². The molecule has 0 amide bonds. The first kappa shape index (κ1) is 15.5. The second-order valence-electron chi connectivity index (χ2n) is 4.24. The zero-order valence-corrected chi connectivity index (χ0v) is 12.7. The van der Waals surface area contributed by atoms with Crippen LogP contribution in [0.5, 0.6) is 0 Å². The molecule has 1 heterocycles. The summed E-state index contributed by atoms with van der Waals surface area (Å²) in [6.07, 6.45) is 0. The number of benzene rings is 1. The lowest BCUT2D eigenvalue weighted by Gasteiger charge is -2.18. The molecule has 8 nitrogen and oxygen atoms in total. The standard InChI is InChI=1S/C12H17N5O3S/c1-3-16(4-2)21(19,20)11-7-5-10(6-8-11)17-14-12(9-18)13-15-17/h5-8,18H,3-4,9H2,1-2H3. The van der Waals surface area contributed by atoms with E-state index in [0.29, 0.717) is 18.8 Å². The number of sulfonamides is 1. The van der Waals surface area contributed by atoms with Crippen LogP contribution in [0.15, 0.2) is 29.2 Å². The van der Waals surface area contributed by atoms with Gasteiger partial charge >= 0.3 is 0 Å². The van der Waals surface area contributed by atoms with Gasteiger partial charge in [-0.2, -0.15) is 4.31 Å². The molecule has 1 aromatic carbocycles. The Labute approximate surface area is 123 Å². The van der Waals surface area contributed by atoms with Gasteiger partial charge in [0.25, 0.3) is 0 Å². The summed E-state index contributed by atoms with van der Waals surface area (Å²) in [5.74, 6) is 0.204. The zero-order valence-electron chi connectivity index (χ0n) is 11.8. The Bertz CT molecular complexity index is 692. The second-order valence-corrected chi connectivity index (χ2v) is 6.17. The molecule has 0 saturated heterocycles. The maximum absolute atomic E-state index is 12.3. The fourth-order valence-corrected chi connectivity index (χ4v) is 3.34. The van der Waals surface area contributed by atoms with E-state index < -0.39 is 10.0 Å². The normalized spacial score (nSPS) is 12.0. The van der Waals surface area contributed by atoms with Crippen molar-refractivity contribution in [2.45, 2.75) is 25.3 Å². The Morgan fingerprint density at radius 1 is 1.19 bits per heavy atom. The number of hydrogen-bond donors (Lipinski definition) is 1. The molecule has 0 unspecified atom stereocenters. The first-order chi connectivity index (χ1) is 10.0. The van der Waals surface area contributed by atoms with E-state index >= 15 is 0 Å². The van der Waals surface area contributed by atoms with E-state index in [0.717, 1.165) is 0 Å². The van der Waals surface area contributed by atoms with Crippen LogP contribution in [0.2, 0.25) is 0 Å². The van der Waals surface area contributed by atoms with Crippen LogP contribution in [0.4, 0.5) is 0 Å². The lowest BCUT2D eigenvalue weighted by Crippen LogP contribution is -2.30. The maximum Gasteiger partial charge on any atom is 0.243 e. The molecule has 0 aliphatic heterocycles. The number of tetrazole rings is 1. The number of aromatic nitrogens is 4. The van der Waals surface area contributed by atoms with Crippen LogP contribution in [0, 0.1) is 0 Å². The molecule has 0 bridgehead atoms. The minimum atomic E-state index is -3.47. The molecular weight excluding hydrogens is 294 g/mol. The summed E-state index contributed by atoms with van der Waals surface area (Å²) >= 11 is 0. The Hall–Kier alpha value is -1.84. The molecule has 9 heteroatoms. The molecule has 0 aliphatic rings. The monoisotopic (exact) mass is 311 g/mol. The van der Waals surface area contributed by atoms with Gasteiger partial charge in [-0.1, -0.05) is 13.8 Å². The lowest BCUT2D eigenvalue weighted by molar-refractivity contribution is 0.271. The van der Waals surface area contributed by atoms with Gasteiger partial charge in [0.15, 0.2) is 0 Å². The summed E-state index contributed by atoms with van der Waals surface area (Å²) in [6, 6.07) is 6.20. The average molecular weight is 311 g/mol. The highest BCUT2D eigenvalue weighted by atomic mass is 32.2. The highest BCUT2D eigenvalue weighted by molar-refractivity contribution is 7.89. The van der Waals surface area contributed by atoms with Crippen LogP contribution in [0.25, 0.3) is 5.69 Å². The molecule has 1 aromatic heterocycles. The summed E-state index contributed by atoms with van der Waals surface area (Å²) in [6.45, 7) is 4.14. The number of hydrogen-bond acceptors (Lipinski definition) is 6. The number of aliphatic hydroxyl groups excluding tert-OH is 1. The van der Waals surface area contributed by atoms with Crippen molar-refractivity contribution in [1.82, 2.24) is 24.5 Å². The van der Waals surface area contributed by atoms with Crippen LogP contribution >= 0.6 is 0 Å². The molecule has 114 valence electrons. The molecule has 1 N–H and O–H groups in total. The number of nitrogens with zero attached hydrogens (tertiary/aromatic N) is 5. The molecule has 0 spiro atoms. The van der Waals surface area contributed by atoms with Gasteiger partial charge in [-0.05, 0) is 29.5 Å². The average Bonchev–Trinajstić information content (AvgIpc) is 2.97. The van der Waals surface area contributed by atoms with Crippen LogP contribution in [-0.2, 0) is 16.6 Å². The van der Waals surface area contributed by atoms with E-state index in [2.05, 4.69) is 15.4 Å². The summed E-state index contributed by atoms with van der Waals surface area (Å²) in [4.78, 5) is 1.46. The van der Waals surface area contributed by atoms with Gasteiger partial charge in [0.1, 0.15) is 6.61 Å². The lowest BCUT2D eigenvalue weighted by atomic mass is 10.3. The van der Waals surface area contributed by atoms with Crippen molar-refractivity contribution in [3.8, 4) is 5.69 Å². The van der Waals surface area contributed by atoms with Crippen LogP contribution in [0.1, 0.15) is 19.7 Å². The fourth-order valence-electron chi connectivity index (χ4n) is 1.88. The third-order valence-corrected chi connectivity index (χ3v) is 5.07. The Kier molecular flexibility index (Phi) is 4.66. The van der Waals surface area contributed by atoms with Crippen molar-refractivity contribution in [3.63, 3.8) is 0 Å². The van der Waals surface area contributed by atoms with Gasteiger partial charge in [0, 0.05) is 13.1 Å². The minimum Gasteiger partial charge on any atom is -0.388 e. The number of rotatable bonds is 6. The van der Waals surface area contributed by atoms with E-state index in [1.807, 2.05) is 0 Å². The van der Waals surface area contributed by atoms with E-state index in [1.165, 1.54) is 21.2 Å². The van der Waals surface area contributed by atoms with Crippen molar-refractivity contribution >= 4 is 10.0 Å². The Morgan fingerprint density at radius 2 is 1.81 bits per heavy atom. The van der Waals surface area contributed by atoms with Crippen molar-refractivity contribution in [3.05, 3.63) is 30.1 Å². The molecule has 2 aromatic rings. The minimum absolute atomic E-state index is 0.204. The zero-order chi connectivity index (χ0) is 15.5. The largest absolute Gasteiger partial charge is 0.388 e. The fraction of sp³-hybridized carbons (Fsp3) is 0.417. The smallest absolute Gasteiger partial charge is 0.243 e. The predicted octanol–water partition coefficient (Wildman–Crippen LogP) is 0.185. The second kappa shape index (κ2) is 6.29. The molecule has 21 heavy (non-hydrogen) atoms. The highest BCUT2D eigenvalue weighted by Gasteiger charge is 2.21. The van der Waals surface area contributed by atoms with E-state index in [9.17, 15) is 8.42 Å². The van der Waals surface area contributed by atoms with Crippen molar-refractivity contribution in [2.24, 2.45) is 0 Å². The van der Waals surface area contributed by atoms with E-state index in [1.54, 1.807) is 26.0 Å². The first-order valence-corrected chi connectivity index (χ1v) is 7.97. The van der Waals surface area contributed by atoms with Gasteiger partial charge in [0.05, 0.1) is 10.6 Å². The molecule has 2 rings (SSSR count). The maximum atomic E-state index is 12.3. The third-order valence-electron chi connectivity index (χ3n) is 3.01. The van der Waals surface area contributed by atoms with Gasteiger partial charge < -0.3 is 5.11 Å². The summed E-state index contributed by atoms with van der Waals surface area (Å²) < 4.78 is 26.1. The number of aliphatic hydroxyl groups is 1. The van der Waals surface area contributed by atoms with Crippen LogP contribution in [-0.4, -0.2) is 51.1 Å². The molecule has 0 saturated carbocycles. The molecule has 0 aliphatic carbocycles. The quantitative estimate of drug-likeness (QED) is 0.817. The van der Waals surface area contributed by atoms with Crippen molar-refractivity contribution in [1.29, 1.82) is 0 Å². The van der Waals surface area contributed by atoms with E-state index in [-0.39, 0.29) is 17.3 Å². The highest BCUT2D eigenvalue weighted by Crippen LogP contribution is 2.17. The summed E-state index contributed by atoms with van der Waals surface area (Å²) in [5.41, 5.74) is 0.570. The van der Waals surface area contributed by atoms with Crippen LogP contribution in [0.3, 0.4) is 0 Å². The van der Waals surface area contributed by atoms with Crippen molar-refractivity contribution in [2.75, 3.05) is 13.1 Å². The van der Waals surface area contributed by atoms with Crippen molar-refractivity contribution < 1.29 is 13.5 Å². The van der Waals surface area contributed by atoms with Gasteiger partial charge in [-0.3, -0.25) is 0 Å². The third kappa shape index (κ3) is 3.09. The molecule has 0 fully saturated rings. The Morgan fingerprint density at radius 3 is 2.29 bits per heavy atom. The molecular formula is C12H17N5O3S.